The third-order valence-electron chi connectivity index (χ3n) is 8.50. The van der Waals surface area contributed by atoms with Gasteiger partial charge in [0.1, 0.15) is 29.7 Å². The van der Waals surface area contributed by atoms with Crippen molar-refractivity contribution in [3.05, 3.63) is 0 Å². The van der Waals surface area contributed by atoms with Gasteiger partial charge in [-0.1, -0.05) is 41.5 Å². The fourth-order valence-corrected chi connectivity index (χ4v) is 5.74. The van der Waals surface area contributed by atoms with Gasteiger partial charge in [-0.3, -0.25) is 19.2 Å². The summed E-state index contributed by atoms with van der Waals surface area (Å²) in [6.45, 7) is 19.0. The number of esters is 2. The van der Waals surface area contributed by atoms with Crippen molar-refractivity contribution in [3.8, 4) is 0 Å². The van der Waals surface area contributed by atoms with Crippen molar-refractivity contribution in [3.63, 3.8) is 0 Å². The number of cyclic esters (lactones) is 1. The van der Waals surface area contributed by atoms with E-state index in [1.54, 1.807) is 27.7 Å². The van der Waals surface area contributed by atoms with Crippen molar-refractivity contribution in [1.29, 1.82) is 0 Å². The Morgan fingerprint density at radius 2 is 1.54 bits per heavy atom. The predicted octanol–water partition coefficient (Wildman–Crippen LogP) is 4.15. The monoisotopic (exact) mass is 719 g/mol. The second-order valence-corrected chi connectivity index (χ2v) is 13.0. The van der Waals surface area contributed by atoms with Crippen LogP contribution in [0.2, 0.25) is 0 Å². The minimum atomic E-state index is -1.28. The summed E-state index contributed by atoms with van der Waals surface area (Å²) >= 11 is 0. The Morgan fingerprint density at radius 3 is 2.00 bits per heavy atom. The zero-order valence-corrected chi connectivity index (χ0v) is 32.7. The normalized spacial score (nSPS) is 32.8. The second-order valence-electron chi connectivity index (χ2n) is 13.0. The first-order valence-electron chi connectivity index (χ1n) is 17.4. The Morgan fingerprint density at radius 1 is 1.00 bits per heavy atom. The molecular weight excluding hydrogens is 654 g/mol. The van der Waals surface area contributed by atoms with Crippen LogP contribution in [-0.2, 0) is 42.9 Å². The fraction of sp³-hybridized carbons (Fsp3) is 0.829. The summed E-state index contributed by atoms with van der Waals surface area (Å²) in [6, 6.07) is -0.279. The summed E-state index contributed by atoms with van der Waals surface area (Å²) in [5.74, 6) is -3.88. The molecule has 50 heavy (non-hydrogen) atoms. The van der Waals surface area contributed by atoms with E-state index in [1.165, 1.54) is 21.0 Å². The van der Waals surface area contributed by atoms with E-state index in [0.29, 0.717) is 6.04 Å². The third kappa shape index (κ3) is 16.6. The lowest BCUT2D eigenvalue weighted by Crippen LogP contribution is -2.52. The van der Waals surface area contributed by atoms with Crippen LogP contribution in [0.15, 0.2) is 0 Å². The van der Waals surface area contributed by atoms with Gasteiger partial charge in [-0.2, -0.15) is 0 Å². The number of methoxy groups -OCH3 is 1. The van der Waals surface area contributed by atoms with E-state index in [0.717, 1.165) is 12.8 Å². The van der Waals surface area contributed by atoms with E-state index >= 15 is 0 Å². The third-order valence-corrected chi connectivity index (χ3v) is 8.50. The molecule has 0 aromatic rings. The molecule has 15 heteroatoms. The summed E-state index contributed by atoms with van der Waals surface area (Å²) in [6.07, 6.45) is -0.203. The molecule has 0 aromatic carbocycles. The Kier molecular flexibility index (Phi) is 22.7. The smallest absolute Gasteiger partial charge is 0.408 e. The first-order valence-corrected chi connectivity index (χ1v) is 17.4. The number of nitrogens with zero attached hydrogens (tertiary/aromatic N) is 1. The van der Waals surface area contributed by atoms with E-state index < -0.39 is 65.2 Å². The number of nitrogens with one attached hydrogen (secondary N) is 1. The molecular formula is C35H65N3O12. The topological polar surface area (TPSA) is 210 Å². The van der Waals surface area contributed by atoms with E-state index in [2.05, 4.69) is 15.0 Å². The number of hydrogen-bond donors (Lipinski definition) is 3. The molecule has 292 valence electrons. The van der Waals surface area contributed by atoms with Crippen LogP contribution in [0, 0.1) is 17.8 Å². The van der Waals surface area contributed by atoms with E-state index in [1.807, 2.05) is 48.7 Å². The van der Waals surface area contributed by atoms with Crippen LogP contribution in [0.4, 0.5) is 9.59 Å². The Hall–Kier alpha value is -3.30. The highest BCUT2D eigenvalue weighted by atomic mass is 16.6. The number of aliphatic hydroxyl groups is 1. The molecule has 9 atom stereocenters. The van der Waals surface area contributed by atoms with Crippen LogP contribution in [-0.4, -0.2) is 109 Å². The summed E-state index contributed by atoms with van der Waals surface area (Å²) in [5, 5.41) is 11.9. The minimum absolute atomic E-state index is 0.0626. The molecule has 15 nitrogen and oxygen atoms in total. The molecule has 3 aliphatic rings. The maximum Gasteiger partial charge on any atom is 0.408 e. The van der Waals surface area contributed by atoms with Crippen LogP contribution >= 0.6 is 0 Å². The lowest BCUT2D eigenvalue weighted by molar-refractivity contribution is -0.172. The largest absolute Gasteiger partial charge is 0.469 e. The highest BCUT2D eigenvalue weighted by Crippen LogP contribution is 2.34. The first-order chi connectivity index (χ1) is 23.1. The maximum absolute atomic E-state index is 13.1. The van der Waals surface area contributed by atoms with Crippen LogP contribution in [0.3, 0.4) is 0 Å². The molecule has 0 saturated carbocycles. The Balaban J connectivity index is 0. The summed E-state index contributed by atoms with van der Waals surface area (Å²) in [4.78, 5) is 73.0. The van der Waals surface area contributed by atoms with Crippen molar-refractivity contribution in [2.24, 2.45) is 23.5 Å². The molecule has 3 saturated heterocycles. The van der Waals surface area contributed by atoms with Gasteiger partial charge in [-0.25, -0.2) is 9.59 Å². The lowest BCUT2D eigenvalue weighted by Gasteiger charge is -2.35. The van der Waals surface area contributed by atoms with E-state index in [-0.39, 0.29) is 43.7 Å². The van der Waals surface area contributed by atoms with E-state index in [9.17, 15) is 33.9 Å². The SMILES string of the molecule is CC.CC.CC1C(=O)CC[C@](C)(OC(N)=O)C[C@@H](C)C(=O)C(C)C2NC(=O)O[C@]2(C)COC1=O.CC1CC(N(C)C)CC(O)O1.COC(C)=O. The number of alkyl carbamates (subject to hydrolysis) is 1. The molecule has 0 aromatic heterocycles. The number of Topliss-reactive ketones (excluding diaryl/α,β-unsaturated/α-hetero) is 2. The number of nitrogens with two attached hydrogens (primary N) is 1. The average molecular weight is 720 g/mol. The number of ether oxygens (including phenoxy) is 5. The second kappa shape index (κ2) is 23.2. The molecule has 0 spiro atoms. The van der Waals surface area contributed by atoms with Gasteiger partial charge in [-0.15, -0.1) is 0 Å². The zero-order valence-electron chi connectivity index (χ0n) is 32.7. The molecule has 2 amide bonds. The first kappa shape index (κ1) is 48.8. The number of aliphatic hydroxyl groups excluding tert-OH is 1. The number of hydrogen-bond acceptors (Lipinski definition) is 13. The summed E-state index contributed by atoms with van der Waals surface area (Å²) in [7, 11) is 5.42. The van der Waals surface area contributed by atoms with Gasteiger partial charge in [0.25, 0.3) is 0 Å². The molecule has 3 heterocycles. The lowest BCUT2D eigenvalue weighted by atomic mass is 9.77. The van der Waals surface area contributed by atoms with Crippen molar-refractivity contribution in [1.82, 2.24) is 10.2 Å². The van der Waals surface area contributed by atoms with Crippen LogP contribution < -0.4 is 11.1 Å². The van der Waals surface area contributed by atoms with Crippen LogP contribution in [0.1, 0.15) is 108 Å². The van der Waals surface area contributed by atoms with Gasteiger partial charge in [0, 0.05) is 37.6 Å². The van der Waals surface area contributed by atoms with Gasteiger partial charge in [0.05, 0.1) is 19.3 Å². The van der Waals surface area contributed by atoms with Gasteiger partial charge < -0.3 is 44.7 Å². The summed E-state index contributed by atoms with van der Waals surface area (Å²) in [5.41, 5.74) is 2.74. The van der Waals surface area contributed by atoms with Crippen LogP contribution in [0.5, 0.6) is 0 Å². The van der Waals surface area contributed by atoms with Gasteiger partial charge in [-0.05, 0) is 61.1 Å². The molecule has 3 rings (SSSR count). The zero-order chi connectivity index (χ0) is 39.6. The number of carbonyl (C=O) groups is 6. The molecule has 0 radical (unpaired) electrons. The van der Waals surface area contributed by atoms with Crippen molar-refractivity contribution >= 4 is 35.7 Å². The highest BCUT2D eigenvalue weighted by molar-refractivity contribution is 5.98. The number of fused-ring (bicyclic) bond motifs is 1. The Bertz CT molecular complexity index is 1090. The Labute approximate surface area is 298 Å². The number of ketones is 2. The number of carbonyl (C=O) groups excluding carboxylic acids is 6. The maximum atomic E-state index is 13.1. The van der Waals surface area contributed by atoms with Crippen LogP contribution in [0.25, 0.3) is 0 Å². The van der Waals surface area contributed by atoms with E-state index in [4.69, 9.17) is 24.7 Å². The van der Waals surface area contributed by atoms with Crippen molar-refractivity contribution in [2.75, 3.05) is 27.8 Å². The molecule has 0 aliphatic carbocycles. The minimum Gasteiger partial charge on any atom is -0.469 e. The fourth-order valence-electron chi connectivity index (χ4n) is 5.74. The van der Waals surface area contributed by atoms with Crippen molar-refractivity contribution in [2.45, 2.75) is 144 Å². The number of amides is 2. The number of primary amides is 1. The summed E-state index contributed by atoms with van der Waals surface area (Å²) < 4.78 is 25.1. The molecule has 3 fully saturated rings. The van der Waals surface area contributed by atoms with Crippen molar-refractivity contribution < 1.29 is 57.6 Å². The number of rotatable bonds is 2. The standard InChI is InChI=1S/C20H30N2O8.C8H17NO2.C3H6O2.2C2H6/c1-10-8-19(4,29-17(21)26)7-6-13(23)11(2)16(25)28-9-20(5)15(12(3)14(10)24)22-18(27)30-20;1-6-4-7(9(2)3)5-8(10)11-6;1-3(4)5-2;2*1-2/h10-12,15H,6-9H2,1-5H3,(H2,21,26)(H,22,27);6-8,10H,4-5H2,1-3H3;1-2H3;2*1-2H3/t10-,11?,12?,15?,19+,20-;;;;/m1..../s1. The molecule has 0 bridgehead atoms. The highest BCUT2D eigenvalue weighted by Gasteiger charge is 2.52. The molecule has 4 N–H and O–H groups in total. The molecule has 3 aliphatic heterocycles. The van der Waals surface area contributed by atoms with Gasteiger partial charge >= 0.3 is 24.1 Å². The van der Waals surface area contributed by atoms with Gasteiger partial charge in [0.15, 0.2) is 11.9 Å². The molecule has 6 unspecified atom stereocenters. The quantitative estimate of drug-likeness (QED) is 0.208. The van der Waals surface area contributed by atoms with Gasteiger partial charge in [0.2, 0.25) is 0 Å². The predicted molar refractivity (Wildman–Crippen MR) is 187 cm³/mol. The average Bonchev–Trinajstić information content (AvgIpc) is 3.36.